The second kappa shape index (κ2) is 6.58. The first-order valence-electron chi connectivity index (χ1n) is 8.02. The smallest absolute Gasteiger partial charge is 0.0558 e. The monoisotopic (exact) mass is 269 g/mol. The van der Waals surface area contributed by atoms with Crippen LogP contribution in [-0.2, 0) is 0 Å². The van der Waals surface area contributed by atoms with Crippen LogP contribution in [0, 0.1) is 22.7 Å². The summed E-state index contributed by atoms with van der Waals surface area (Å²) in [5, 5.41) is 9.02. The van der Waals surface area contributed by atoms with E-state index in [0.29, 0.717) is 17.4 Å². The molecular weight excluding hydrogens is 234 g/mol. The second-order valence-corrected chi connectivity index (χ2v) is 8.15. The van der Waals surface area contributed by atoms with E-state index in [0.717, 1.165) is 31.5 Å². The molecule has 114 valence electrons. The molecule has 1 aliphatic rings. The fraction of sp³-hybridized carbons (Fsp3) is 1.00. The number of hydrogen-bond donors (Lipinski definition) is 1. The molecule has 1 N–H and O–H groups in total. The van der Waals surface area contributed by atoms with Crippen molar-refractivity contribution in [2.45, 2.75) is 60.8 Å². The van der Waals surface area contributed by atoms with E-state index in [2.05, 4.69) is 46.4 Å². The third-order valence-electron chi connectivity index (χ3n) is 5.58. The quantitative estimate of drug-likeness (QED) is 0.793. The number of likely N-dealkylation sites (tertiary alicyclic amines) is 1. The lowest BCUT2D eigenvalue weighted by Gasteiger charge is -2.45. The van der Waals surface area contributed by atoms with Crippen LogP contribution in [0.1, 0.15) is 60.8 Å². The molecule has 0 unspecified atom stereocenters. The number of nitrogens with zero attached hydrogens (tertiary/aromatic N) is 1. The molecule has 0 aromatic heterocycles. The summed E-state index contributed by atoms with van der Waals surface area (Å²) in [5.74, 6) is 1.57. The largest absolute Gasteiger partial charge is 0.395 e. The summed E-state index contributed by atoms with van der Waals surface area (Å²) in [5.41, 5.74) is 0.852. The van der Waals surface area contributed by atoms with Crippen molar-refractivity contribution in [3.05, 3.63) is 0 Å². The summed E-state index contributed by atoms with van der Waals surface area (Å²) in [4.78, 5) is 2.40. The predicted octanol–water partition coefficient (Wildman–Crippen LogP) is 3.79. The maximum atomic E-state index is 9.02. The van der Waals surface area contributed by atoms with Gasteiger partial charge in [-0.2, -0.15) is 0 Å². The van der Waals surface area contributed by atoms with E-state index in [4.69, 9.17) is 5.11 Å². The Bertz CT molecular complexity index is 262. The van der Waals surface area contributed by atoms with Crippen molar-refractivity contribution in [2.24, 2.45) is 22.7 Å². The molecular formula is C17H35NO. The Balaban J connectivity index is 2.55. The second-order valence-electron chi connectivity index (χ2n) is 8.15. The van der Waals surface area contributed by atoms with Crippen LogP contribution in [-0.4, -0.2) is 36.2 Å². The summed E-state index contributed by atoms with van der Waals surface area (Å²) < 4.78 is 0. The van der Waals surface area contributed by atoms with Gasteiger partial charge in [-0.25, -0.2) is 0 Å². The molecule has 2 nitrogen and oxygen atoms in total. The van der Waals surface area contributed by atoms with Crippen LogP contribution >= 0.6 is 0 Å². The van der Waals surface area contributed by atoms with Crippen LogP contribution < -0.4 is 0 Å². The number of hydrogen-bond acceptors (Lipinski definition) is 2. The molecule has 0 spiro atoms. The average Bonchev–Trinajstić information content (AvgIpc) is 2.28. The number of piperidine rings is 1. The number of aliphatic hydroxyl groups excluding tert-OH is 1. The Morgan fingerprint density at radius 3 is 2.05 bits per heavy atom. The Hall–Kier alpha value is -0.0800. The van der Waals surface area contributed by atoms with Crippen molar-refractivity contribution in [3.63, 3.8) is 0 Å². The van der Waals surface area contributed by atoms with E-state index < -0.39 is 0 Å². The highest BCUT2D eigenvalue weighted by Crippen LogP contribution is 2.46. The van der Waals surface area contributed by atoms with E-state index in [-0.39, 0.29) is 0 Å². The van der Waals surface area contributed by atoms with Gasteiger partial charge in [0, 0.05) is 6.54 Å². The van der Waals surface area contributed by atoms with Crippen molar-refractivity contribution in [1.82, 2.24) is 4.90 Å². The van der Waals surface area contributed by atoms with Gasteiger partial charge in [0.05, 0.1) is 6.61 Å². The van der Waals surface area contributed by atoms with Crippen molar-refractivity contribution in [2.75, 3.05) is 26.2 Å². The maximum Gasteiger partial charge on any atom is 0.0558 e. The van der Waals surface area contributed by atoms with Crippen LogP contribution in [0.4, 0.5) is 0 Å². The lowest BCUT2D eigenvalue weighted by atomic mass is 9.63. The molecule has 0 aromatic carbocycles. The summed E-state index contributed by atoms with van der Waals surface area (Å²) in [6.45, 7) is 17.9. The zero-order chi connectivity index (χ0) is 14.7. The van der Waals surface area contributed by atoms with E-state index >= 15 is 0 Å². The Kier molecular flexibility index (Phi) is 5.88. The summed E-state index contributed by atoms with van der Waals surface area (Å²) in [7, 11) is 0. The lowest BCUT2D eigenvalue weighted by molar-refractivity contribution is 0.0424. The van der Waals surface area contributed by atoms with E-state index in [1.54, 1.807) is 0 Å². The molecule has 1 rings (SSSR count). The Morgan fingerprint density at radius 2 is 1.63 bits per heavy atom. The molecule has 1 aliphatic heterocycles. The van der Waals surface area contributed by atoms with Crippen LogP contribution in [0.15, 0.2) is 0 Å². The molecule has 0 aliphatic carbocycles. The minimum atomic E-state index is 0.300. The highest BCUT2D eigenvalue weighted by atomic mass is 16.3. The molecule has 1 fully saturated rings. The fourth-order valence-corrected chi connectivity index (χ4v) is 3.60. The van der Waals surface area contributed by atoms with Crippen molar-refractivity contribution in [1.29, 1.82) is 0 Å². The third kappa shape index (κ3) is 4.75. The molecule has 19 heavy (non-hydrogen) atoms. The van der Waals surface area contributed by atoms with Crippen LogP contribution in [0.2, 0.25) is 0 Å². The molecule has 0 radical (unpaired) electrons. The molecule has 2 heteroatoms. The van der Waals surface area contributed by atoms with Gasteiger partial charge in [0.1, 0.15) is 0 Å². The Morgan fingerprint density at radius 1 is 1.11 bits per heavy atom. The first-order chi connectivity index (χ1) is 8.69. The van der Waals surface area contributed by atoms with E-state index in [1.807, 2.05) is 0 Å². The third-order valence-corrected chi connectivity index (χ3v) is 5.58. The van der Waals surface area contributed by atoms with Crippen molar-refractivity contribution >= 4 is 0 Å². The maximum absolute atomic E-state index is 9.02. The molecule has 0 atom stereocenters. The number of β-amino-alcohol motifs (C(OH)–C–C–N with tert-alkyl or cyclic N) is 1. The van der Waals surface area contributed by atoms with Gasteiger partial charge in [0.25, 0.3) is 0 Å². The number of aliphatic hydroxyl groups is 1. The first-order valence-corrected chi connectivity index (χ1v) is 8.02. The SMILES string of the molecule is CC(C)C(C)(C)CC(C)(C)C1CCN(CCO)CC1. The highest BCUT2D eigenvalue weighted by molar-refractivity contribution is 4.88. The van der Waals surface area contributed by atoms with Gasteiger partial charge in [-0.05, 0) is 55.0 Å². The molecule has 0 aromatic rings. The molecule has 1 heterocycles. The minimum absolute atomic E-state index is 0.300. The predicted molar refractivity (Wildman–Crippen MR) is 83.3 cm³/mol. The highest BCUT2D eigenvalue weighted by Gasteiger charge is 2.37. The standard InChI is InChI=1S/C17H35NO/c1-14(2)16(3,4)13-17(5,6)15-7-9-18(10-8-15)11-12-19/h14-15,19H,7-13H2,1-6H3. The summed E-state index contributed by atoms with van der Waals surface area (Å²) >= 11 is 0. The van der Waals surface area contributed by atoms with Gasteiger partial charge >= 0.3 is 0 Å². The molecule has 0 saturated carbocycles. The van der Waals surface area contributed by atoms with Crippen LogP contribution in [0.5, 0.6) is 0 Å². The van der Waals surface area contributed by atoms with E-state index in [1.165, 1.54) is 19.3 Å². The van der Waals surface area contributed by atoms with Crippen molar-refractivity contribution < 1.29 is 5.11 Å². The number of rotatable bonds is 6. The zero-order valence-electron chi connectivity index (χ0n) is 14.0. The van der Waals surface area contributed by atoms with Gasteiger partial charge in [-0.3, -0.25) is 0 Å². The molecule has 0 amide bonds. The van der Waals surface area contributed by atoms with Gasteiger partial charge < -0.3 is 10.0 Å². The van der Waals surface area contributed by atoms with Gasteiger partial charge in [0.2, 0.25) is 0 Å². The lowest BCUT2D eigenvalue weighted by Crippen LogP contribution is -2.41. The van der Waals surface area contributed by atoms with Gasteiger partial charge in [0.15, 0.2) is 0 Å². The average molecular weight is 269 g/mol. The summed E-state index contributed by atoms with van der Waals surface area (Å²) in [6, 6.07) is 0. The van der Waals surface area contributed by atoms with Gasteiger partial charge in [-0.15, -0.1) is 0 Å². The molecule has 1 saturated heterocycles. The summed E-state index contributed by atoms with van der Waals surface area (Å²) in [6.07, 6.45) is 3.89. The van der Waals surface area contributed by atoms with Crippen molar-refractivity contribution in [3.8, 4) is 0 Å². The topological polar surface area (TPSA) is 23.5 Å². The first kappa shape index (κ1) is 17.0. The van der Waals surface area contributed by atoms with Crippen LogP contribution in [0.25, 0.3) is 0 Å². The fourth-order valence-electron chi connectivity index (χ4n) is 3.60. The Labute approximate surface area is 120 Å². The van der Waals surface area contributed by atoms with E-state index in [9.17, 15) is 0 Å². The zero-order valence-corrected chi connectivity index (χ0v) is 14.0. The normalized spacial score (nSPS) is 20.2. The van der Waals surface area contributed by atoms with Gasteiger partial charge in [-0.1, -0.05) is 41.5 Å². The van der Waals surface area contributed by atoms with Crippen LogP contribution in [0.3, 0.4) is 0 Å². The molecule has 0 bridgehead atoms. The minimum Gasteiger partial charge on any atom is -0.395 e.